The number of likely N-dealkylation sites (tertiary alicyclic amines) is 1. The molecule has 0 bridgehead atoms. The third-order valence-electron chi connectivity index (χ3n) is 4.07. The zero-order valence-electron chi connectivity index (χ0n) is 12.9. The maximum atomic E-state index is 12.6. The topological polar surface area (TPSA) is 89.5 Å². The van der Waals surface area contributed by atoms with Crippen molar-refractivity contribution in [1.29, 1.82) is 0 Å². The molecule has 128 valence electrons. The molecule has 6 nitrogen and oxygen atoms in total. The lowest BCUT2D eigenvalue weighted by molar-refractivity contribution is -0.384. The third kappa shape index (κ3) is 4.89. The number of nitrogens with two attached hydrogens (primary N) is 1. The lowest BCUT2D eigenvalue weighted by Crippen LogP contribution is -2.52. The van der Waals surface area contributed by atoms with Crippen molar-refractivity contribution >= 4 is 39.9 Å². The van der Waals surface area contributed by atoms with Crippen LogP contribution >= 0.6 is 28.3 Å². The van der Waals surface area contributed by atoms with Gasteiger partial charge in [0.25, 0.3) is 5.69 Å². The third-order valence-corrected chi connectivity index (χ3v) is 4.80. The van der Waals surface area contributed by atoms with Crippen molar-refractivity contribution in [3.8, 4) is 0 Å². The second kappa shape index (κ2) is 8.61. The molecule has 0 aromatic heterocycles. The van der Waals surface area contributed by atoms with Crippen molar-refractivity contribution < 1.29 is 9.72 Å². The molecule has 1 amide bonds. The van der Waals surface area contributed by atoms with Gasteiger partial charge in [-0.05, 0) is 31.7 Å². The molecule has 1 aliphatic heterocycles. The van der Waals surface area contributed by atoms with Gasteiger partial charge in [0.1, 0.15) is 0 Å². The lowest BCUT2D eigenvalue weighted by Gasteiger charge is -2.38. The molecular weight excluding hydrogens is 386 g/mol. The number of carbonyl (C=O) groups excluding carboxylic acids is 1. The minimum absolute atomic E-state index is 0. The van der Waals surface area contributed by atoms with Crippen LogP contribution in [-0.2, 0) is 11.2 Å². The van der Waals surface area contributed by atoms with E-state index in [1.54, 1.807) is 6.07 Å². The summed E-state index contributed by atoms with van der Waals surface area (Å²) < 4.78 is 0.587. The van der Waals surface area contributed by atoms with E-state index in [1.165, 1.54) is 12.1 Å². The highest BCUT2D eigenvalue weighted by atomic mass is 79.9. The summed E-state index contributed by atoms with van der Waals surface area (Å²) in [6.07, 6.45) is 3.25. The van der Waals surface area contributed by atoms with Gasteiger partial charge in [-0.25, -0.2) is 0 Å². The largest absolute Gasteiger partial charge is 0.338 e. The molecule has 1 aromatic carbocycles. The average molecular weight is 407 g/mol. The molecule has 0 radical (unpaired) electrons. The van der Waals surface area contributed by atoms with Gasteiger partial charge in [-0.1, -0.05) is 22.0 Å². The SMILES string of the molecule is CC(N)C1CCCCN1C(=O)Cc1ccc([N+](=O)[O-])cc1Br.Cl. The maximum absolute atomic E-state index is 12.6. The van der Waals surface area contributed by atoms with Crippen LogP contribution in [0.15, 0.2) is 22.7 Å². The zero-order chi connectivity index (χ0) is 16.3. The number of amides is 1. The van der Waals surface area contributed by atoms with Crippen molar-refractivity contribution in [1.82, 2.24) is 4.90 Å². The van der Waals surface area contributed by atoms with Crippen LogP contribution in [0, 0.1) is 10.1 Å². The van der Waals surface area contributed by atoms with Crippen LogP contribution in [-0.4, -0.2) is 34.4 Å². The molecule has 1 fully saturated rings. The number of nitrogens with zero attached hydrogens (tertiary/aromatic N) is 2. The number of piperidine rings is 1. The van der Waals surface area contributed by atoms with Gasteiger partial charge < -0.3 is 10.6 Å². The standard InChI is InChI=1S/C15H20BrN3O3.ClH/c1-10(17)14-4-2-3-7-18(14)15(20)8-11-5-6-12(19(21)22)9-13(11)16;/h5-6,9-10,14H,2-4,7-8,17H2,1H3;1H. The van der Waals surface area contributed by atoms with Gasteiger partial charge in [-0.3, -0.25) is 14.9 Å². The summed E-state index contributed by atoms with van der Waals surface area (Å²) in [6.45, 7) is 2.66. The van der Waals surface area contributed by atoms with Crippen LogP contribution in [0.4, 0.5) is 5.69 Å². The summed E-state index contributed by atoms with van der Waals surface area (Å²) >= 11 is 3.31. The first-order valence-corrected chi connectivity index (χ1v) is 8.17. The van der Waals surface area contributed by atoms with Crippen LogP contribution in [0.1, 0.15) is 31.7 Å². The summed E-state index contributed by atoms with van der Waals surface area (Å²) in [5, 5.41) is 10.7. The quantitative estimate of drug-likeness (QED) is 0.614. The number of rotatable bonds is 4. The number of benzene rings is 1. The van der Waals surface area contributed by atoms with E-state index in [2.05, 4.69) is 15.9 Å². The highest BCUT2D eigenvalue weighted by molar-refractivity contribution is 9.10. The first-order chi connectivity index (χ1) is 10.4. The highest BCUT2D eigenvalue weighted by Gasteiger charge is 2.29. The normalized spacial score (nSPS) is 18.9. The summed E-state index contributed by atoms with van der Waals surface area (Å²) in [5.74, 6) is 0.0246. The number of hydrogen-bond donors (Lipinski definition) is 1. The summed E-state index contributed by atoms with van der Waals surface area (Å²) in [4.78, 5) is 24.7. The molecule has 8 heteroatoms. The Kier molecular flexibility index (Phi) is 7.44. The molecule has 2 N–H and O–H groups in total. The van der Waals surface area contributed by atoms with Crippen LogP contribution in [0.25, 0.3) is 0 Å². The van der Waals surface area contributed by atoms with E-state index in [0.29, 0.717) is 4.47 Å². The number of halogens is 2. The first kappa shape index (κ1) is 19.9. The van der Waals surface area contributed by atoms with E-state index in [9.17, 15) is 14.9 Å². The Hall–Kier alpha value is -1.18. The molecule has 0 aliphatic carbocycles. The minimum Gasteiger partial charge on any atom is -0.338 e. The zero-order valence-corrected chi connectivity index (χ0v) is 15.3. The first-order valence-electron chi connectivity index (χ1n) is 7.38. The van der Waals surface area contributed by atoms with E-state index < -0.39 is 4.92 Å². The van der Waals surface area contributed by atoms with Gasteiger partial charge in [0.05, 0.1) is 11.3 Å². The fourth-order valence-corrected chi connectivity index (χ4v) is 3.38. The van der Waals surface area contributed by atoms with Crippen molar-refractivity contribution in [2.45, 2.75) is 44.7 Å². The molecule has 2 atom stereocenters. The van der Waals surface area contributed by atoms with Crippen LogP contribution in [0.3, 0.4) is 0 Å². The van der Waals surface area contributed by atoms with E-state index in [1.807, 2.05) is 11.8 Å². The predicted molar refractivity (Wildman–Crippen MR) is 94.7 cm³/mol. The number of nitro groups is 1. The summed E-state index contributed by atoms with van der Waals surface area (Å²) in [5.41, 5.74) is 6.76. The minimum atomic E-state index is -0.451. The fraction of sp³-hybridized carbons (Fsp3) is 0.533. The van der Waals surface area contributed by atoms with Crippen LogP contribution in [0.5, 0.6) is 0 Å². The molecule has 0 saturated carbocycles. The van der Waals surface area contributed by atoms with Gasteiger partial charge in [0, 0.05) is 35.2 Å². The van der Waals surface area contributed by atoms with Crippen LogP contribution < -0.4 is 5.73 Å². The molecule has 1 aromatic rings. The monoisotopic (exact) mass is 405 g/mol. The van der Waals surface area contributed by atoms with Crippen molar-refractivity contribution in [3.63, 3.8) is 0 Å². The maximum Gasteiger partial charge on any atom is 0.270 e. The van der Waals surface area contributed by atoms with Crippen molar-refractivity contribution in [2.75, 3.05) is 6.54 Å². The van der Waals surface area contributed by atoms with E-state index in [4.69, 9.17) is 5.73 Å². The number of carbonyl (C=O) groups is 1. The Bertz CT molecular complexity index is 583. The molecule has 2 rings (SSSR count). The molecular formula is C15H21BrClN3O3. The number of nitro benzene ring substituents is 1. The van der Waals surface area contributed by atoms with Crippen molar-refractivity contribution in [2.24, 2.45) is 5.73 Å². The molecule has 2 unspecified atom stereocenters. The Morgan fingerprint density at radius 2 is 2.22 bits per heavy atom. The summed E-state index contributed by atoms with van der Waals surface area (Å²) in [7, 11) is 0. The Morgan fingerprint density at radius 3 is 2.78 bits per heavy atom. The van der Waals surface area contributed by atoms with Gasteiger partial charge in [0.2, 0.25) is 5.91 Å². The second-order valence-electron chi connectivity index (χ2n) is 5.72. The van der Waals surface area contributed by atoms with E-state index in [0.717, 1.165) is 31.4 Å². The van der Waals surface area contributed by atoms with E-state index >= 15 is 0 Å². The highest BCUT2D eigenvalue weighted by Crippen LogP contribution is 2.25. The average Bonchev–Trinajstić information content (AvgIpc) is 2.48. The van der Waals surface area contributed by atoms with Gasteiger partial charge >= 0.3 is 0 Å². The van der Waals surface area contributed by atoms with Gasteiger partial charge in [-0.2, -0.15) is 0 Å². The molecule has 0 spiro atoms. The number of non-ortho nitro benzene ring substituents is 1. The van der Waals surface area contributed by atoms with E-state index in [-0.39, 0.29) is 42.5 Å². The van der Waals surface area contributed by atoms with Crippen LogP contribution in [0.2, 0.25) is 0 Å². The van der Waals surface area contributed by atoms with Gasteiger partial charge in [0.15, 0.2) is 0 Å². The second-order valence-corrected chi connectivity index (χ2v) is 6.57. The Morgan fingerprint density at radius 1 is 1.52 bits per heavy atom. The smallest absolute Gasteiger partial charge is 0.270 e. The molecule has 1 aliphatic rings. The Balaban J connectivity index is 0.00000264. The fourth-order valence-electron chi connectivity index (χ4n) is 2.87. The molecule has 1 saturated heterocycles. The Labute approximate surface area is 150 Å². The molecule has 23 heavy (non-hydrogen) atoms. The molecule has 1 heterocycles. The summed E-state index contributed by atoms with van der Waals surface area (Å²) in [6, 6.07) is 4.52. The lowest BCUT2D eigenvalue weighted by atomic mass is 9.96. The predicted octanol–water partition coefficient (Wildman–Crippen LogP) is 3.05. The number of hydrogen-bond acceptors (Lipinski definition) is 4. The van der Waals surface area contributed by atoms with Crippen molar-refractivity contribution in [3.05, 3.63) is 38.3 Å². The van der Waals surface area contributed by atoms with Gasteiger partial charge in [-0.15, -0.1) is 12.4 Å².